The van der Waals surface area contributed by atoms with E-state index < -0.39 is 0 Å². The lowest BCUT2D eigenvalue weighted by molar-refractivity contribution is -0.119. The van der Waals surface area contributed by atoms with Gasteiger partial charge in [-0.3, -0.25) is 18.7 Å². The van der Waals surface area contributed by atoms with Crippen molar-refractivity contribution < 1.29 is 9.59 Å². The molecule has 0 spiro atoms. The van der Waals surface area contributed by atoms with Crippen LogP contribution in [0.25, 0.3) is 22.3 Å². The van der Waals surface area contributed by atoms with Gasteiger partial charge in [0.05, 0.1) is 22.8 Å². The summed E-state index contributed by atoms with van der Waals surface area (Å²) in [7, 11) is 0. The predicted octanol–water partition coefficient (Wildman–Crippen LogP) is 4.17. The fourth-order valence-corrected chi connectivity index (χ4v) is 4.72. The maximum atomic E-state index is 12.7. The van der Waals surface area contributed by atoms with Crippen LogP contribution in [0.2, 0.25) is 0 Å². The van der Waals surface area contributed by atoms with Crippen molar-refractivity contribution in [1.29, 1.82) is 0 Å². The van der Waals surface area contributed by atoms with Crippen LogP contribution in [0.15, 0.2) is 58.7 Å². The Morgan fingerprint density at radius 1 is 1.06 bits per heavy atom. The SMILES string of the molecule is CCn1c(=O)n(CCC(=O)Nc2nc(-c3ccc([C@@H](C)NC(C)=O)cc3)cs2)c2ccccc21. The molecule has 2 aromatic carbocycles. The molecule has 9 heteroatoms. The third-order valence-corrected chi connectivity index (χ3v) is 6.44. The van der Waals surface area contributed by atoms with E-state index in [1.54, 1.807) is 9.13 Å². The highest BCUT2D eigenvalue weighted by atomic mass is 32.1. The fraction of sp³-hybridized carbons (Fsp3) is 0.280. The number of thiazole rings is 1. The van der Waals surface area contributed by atoms with E-state index >= 15 is 0 Å². The number of nitrogens with zero attached hydrogens (tertiary/aromatic N) is 3. The molecule has 0 aliphatic heterocycles. The lowest BCUT2D eigenvalue weighted by atomic mass is 10.1. The Kier molecular flexibility index (Phi) is 6.93. The first-order valence-electron chi connectivity index (χ1n) is 11.2. The number of nitrogens with one attached hydrogen (secondary N) is 2. The summed E-state index contributed by atoms with van der Waals surface area (Å²) < 4.78 is 3.36. The van der Waals surface area contributed by atoms with E-state index in [1.807, 2.05) is 67.8 Å². The van der Waals surface area contributed by atoms with E-state index in [-0.39, 0.29) is 30.0 Å². The molecule has 0 saturated heterocycles. The molecule has 2 N–H and O–H groups in total. The predicted molar refractivity (Wildman–Crippen MR) is 135 cm³/mol. The van der Waals surface area contributed by atoms with Crippen molar-refractivity contribution in [3.8, 4) is 11.3 Å². The van der Waals surface area contributed by atoms with Gasteiger partial charge in [0.25, 0.3) is 0 Å². The molecule has 2 heterocycles. The summed E-state index contributed by atoms with van der Waals surface area (Å²) in [5, 5.41) is 8.11. The number of hydrogen-bond acceptors (Lipinski definition) is 5. The van der Waals surface area contributed by atoms with Crippen molar-refractivity contribution in [3.05, 3.63) is 70.0 Å². The van der Waals surface area contributed by atoms with E-state index in [4.69, 9.17) is 0 Å². The zero-order valence-corrected chi connectivity index (χ0v) is 20.2. The summed E-state index contributed by atoms with van der Waals surface area (Å²) >= 11 is 1.35. The number of imidazole rings is 1. The number of carbonyl (C=O) groups is 2. The maximum Gasteiger partial charge on any atom is 0.329 e. The molecule has 2 aromatic heterocycles. The molecule has 0 bridgehead atoms. The van der Waals surface area contributed by atoms with Crippen molar-refractivity contribution in [2.24, 2.45) is 0 Å². The molecular formula is C25H27N5O3S. The van der Waals surface area contributed by atoms with Crippen LogP contribution in [0, 0.1) is 0 Å². The number of amides is 2. The number of rotatable bonds is 8. The topological polar surface area (TPSA) is 98.0 Å². The van der Waals surface area contributed by atoms with Gasteiger partial charge in [-0.1, -0.05) is 36.4 Å². The van der Waals surface area contributed by atoms with Crippen LogP contribution in [0.4, 0.5) is 5.13 Å². The van der Waals surface area contributed by atoms with E-state index in [2.05, 4.69) is 15.6 Å². The second kappa shape index (κ2) is 10.0. The van der Waals surface area contributed by atoms with Crippen LogP contribution in [0.5, 0.6) is 0 Å². The molecule has 0 radical (unpaired) electrons. The lowest BCUT2D eigenvalue weighted by Crippen LogP contribution is -2.25. The number of anilines is 1. The van der Waals surface area contributed by atoms with Crippen LogP contribution >= 0.6 is 11.3 Å². The van der Waals surface area contributed by atoms with Crippen LogP contribution in [-0.4, -0.2) is 25.9 Å². The second-order valence-electron chi connectivity index (χ2n) is 8.05. The van der Waals surface area contributed by atoms with Gasteiger partial charge in [0, 0.05) is 37.4 Å². The maximum absolute atomic E-state index is 12.7. The van der Waals surface area contributed by atoms with Crippen molar-refractivity contribution in [1.82, 2.24) is 19.4 Å². The number of aryl methyl sites for hydroxylation is 2. The van der Waals surface area contributed by atoms with E-state index in [0.29, 0.717) is 18.2 Å². The highest BCUT2D eigenvalue weighted by Crippen LogP contribution is 2.26. The Morgan fingerprint density at radius 2 is 1.74 bits per heavy atom. The highest BCUT2D eigenvalue weighted by Gasteiger charge is 2.14. The lowest BCUT2D eigenvalue weighted by Gasteiger charge is -2.13. The Balaban J connectivity index is 1.40. The molecule has 1 atom stereocenters. The molecule has 2 amide bonds. The Labute approximate surface area is 201 Å². The summed E-state index contributed by atoms with van der Waals surface area (Å²) in [4.78, 5) is 41.1. The van der Waals surface area contributed by atoms with Gasteiger partial charge in [-0.15, -0.1) is 11.3 Å². The average Bonchev–Trinajstić information content (AvgIpc) is 3.39. The zero-order chi connectivity index (χ0) is 24.2. The number of para-hydroxylation sites is 2. The highest BCUT2D eigenvalue weighted by molar-refractivity contribution is 7.14. The number of fused-ring (bicyclic) bond motifs is 1. The molecule has 34 heavy (non-hydrogen) atoms. The summed E-state index contributed by atoms with van der Waals surface area (Å²) in [6.07, 6.45) is 0.169. The summed E-state index contributed by atoms with van der Waals surface area (Å²) in [6.45, 7) is 6.23. The number of carbonyl (C=O) groups excluding carboxylic acids is 2. The third-order valence-electron chi connectivity index (χ3n) is 5.68. The monoisotopic (exact) mass is 477 g/mol. The molecule has 4 rings (SSSR count). The van der Waals surface area contributed by atoms with Gasteiger partial charge in [0.15, 0.2) is 5.13 Å². The number of benzene rings is 2. The summed E-state index contributed by atoms with van der Waals surface area (Å²) in [5.41, 5.74) is 4.29. The first-order valence-corrected chi connectivity index (χ1v) is 12.1. The molecule has 0 fully saturated rings. The fourth-order valence-electron chi connectivity index (χ4n) is 3.98. The van der Waals surface area contributed by atoms with Crippen LogP contribution in [-0.2, 0) is 22.7 Å². The van der Waals surface area contributed by atoms with E-state index in [9.17, 15) is 14.4 Å². The minimum Gasteiger partial charge on any atom is -0.350 e. The van der Waals surface area contributed by atoms with Crippen molar-refractivity contribution in [2.75, 3.05) is 5.32 Å². The van der Waals surface area contributed by atoms with Crippen LogP contribution in [0.1, 0.15) is 38.8 Å². The summed E-state index contributed by atoms with van der Waals surface area (Å²) in [5.74, 6) is -0.266. The smallest absolute Gasteiger partial charge is 0.329 e. The van der Waals surface area contributed by atoms with Gasteiger partial charge in [-0.2, -0.15) is 0 Å². The Hall–Kier alpha value is -3.72. The van der Waals surface area contributed by atoms with Gasteiger partial charge in [-0.25, -0.2) is 9.78 Å². The zero-order valence-electron chi connectivity index (χ0n) is 19.4. The minimum atomic E-state index is -0.194. The molecule has 0 aliphatic rings. The molecule has 0 unspecified atom stereocenters. The first-order chi connectivity index (χ1) is 16.4. The summed E-state index contributed by atoms with van der Waals surface area (Å²) in [6, 6.07) is 15.3. The van der Waals surface area contributed by atoms with E-state index in [0.717, 1.165) is 27.9 Å². The standard InChI is InChI=1S/C25H27N5O3S/c1-4-29-21-7-5-6-8-22(21)30(25(29)33)14-13-23(32)28-24-27-20(15-34-24)19-11-9-18(10-12-19)16(2)26-17(3)31/h5-12,15-16H,4,13-14H2,1-3H3,(H,26,31)(H,27,28,32)/t16-/m1/s1. The molecule has 176 valence electrons. The second-order valence-corrected chi connectivity index (χ2v) is 8.91. The van der Waals surface area contributed by atoms with Crippen molar-refractivity contribution >= 4 is 39.3 Å². The van der Waals surface area contributed by atoms with Crippen molar-refractivity contribution in [3.63, 3.8) is 0 Å². The molecular weight excluding hydrogens is 450 g/mol. The van der Waals surface area contributed by atoms with Crippen LogP contribution in [0.3, 0.4) is 0 Å². The van der Waals surface area contributed by atoms with Gasteiger partial charge < -0.3 is 10.6 Å². The average molecular weight is 478 g/mol. The van der Waals surface area contributed by atoms with Gasteiger partial charge in [0.1, 0.15) is 0 Å². The third kappa shape index (κ3) is 4.94. The first kappa shape index (κ1) is 23.4. The molecule has 4 aromatic rings. The number of aromatic nitrogens is 3. The number of hydrogen-bond donors (Lipinski definition) is 2. The van der Waals surface area contributed by atoms with Gasteiger partial charge >= 0.3 is 5.69 Å². The van der Waals surface area contributed by atoms with E-state index in [1.165, 1.54) is 18.3 Å². The minimum absolute atomic E-state index is 0.0718. The normalized spacial score (nSPS) is 12.0. The Morgan fingerprint density at radius 3 is 2.38 bits per heavy atom. The van der Waals surface area contributed by atoms with Crippen molar-refractivity contribution in [2.45, 2.75) is 46.3 Å². The largest absolute Gasteiger partial charge is 0.350 e. The van der Waals surface area contributed by atoms with Gasteiger partial charge in [0.2, 0.25) is 11.8 Å². The van der Waals surface area contributed by atoms with Crippen LogP contribution < -0.4 is 16.3 Å². The molecule has 8 nitrogen and oxygen atoms in total. The van der Waals surface area contributed by atoms with Gasteiger partial charge in [-0.05, 0) is 31.5 Å². The molecule has 0 aliphatic carbocycles. The molecule has 0 saturated carbocycles. The quantitative estimate of drug-likeness (QED) is 0.398. The Bertz CT molecular complexity index is 1380.